The Hall–Kier alpha value is -3.30. The summed E-state index contributed by atoms with van der Waals surface area (Å²) in [7, 11) is 0. The Morgan fingerprint density at radius 1 is 1.33 bits per heavy atom. The van der Waals surface area contributed by atoms with Gasteiger partial charge in [-0.2, -0.15) is 5.10 Å². The number of likely N-dealkylation sites (tertiary alicyclic amines) is 1. The molecule has 3 aromatic rings. The number of thiazole rings is 1. The van der Waals surface area contributed by atoms with Gasteiger partial charge in [0.05, 0.1) is 46.4 Å². The summed E-state index contributed by atoms with van der Waals surface area (Å²) >= 11 is 1.48. The molecule has 0 unspecified atom stereocenters. The zero-order valence-corrected chi connectivity index (χ0v) is 20.1. The molecule has 33 heavy (non-hydrogen) atoms. The molecule has 1 aliphatic rings. The summed E-state index contributed by atoms with van der Waals surface area (Å²) in [5, 5.41) is 10.1. The van der Waals surface area contributed by atoms with Crippen molar-refractivity contribution in [3.63, 3.8) is 0 Å². The topological polar surface area (TPSA) is 91.6 Å². The smallest absolute Gasteiger partial charge is 0.260 e. The lowest BCUT2D eigenvalue weighted by molar-refractivity contribution is -0.121. The minimum atomic E-state index is -0.283. The number of amides is 2. The molecule has 1 fully saturated rings. The third-order valence-corrected chi connectivity index (χ3v) is 7.22. The lowest BCUT2D eigenvalue weighted by Gasteiger charge is -2.48. The molecule has 0 saturated carbocycles. The van der Waals surface area contributed by atoms with Crippen molar-refractivity contribution in [1.29, 1.82) is 0 Å². The molecule has 1 aliphatic heterocycles. The Morgan fingerprint density at radius 3 is 2.76 bits per heavy atom. The van der Waals surface area contributed by atoms with Gasteiger partial charge in [-0.05, 0) is 45.8 Å². The highest BCUT2D eigenvalue weighted by Crippen LogP contribution is 2.30. The van der Waals surface area contributed by atoms with E-state index in [9.17, 15) is 9.59 Å². The van der Waals surface area contributed by atoms with E-state index >= 15 is 0 Å². The van der Waals surface area contributed by atoms with Gasteiger partial charge in [0.2, 0.25) is 5.91 Å². The lowest BCUT2D eigenvalue weighted by Crippen LogP contribution is -2.57. The molecule has 2 N–H and O–H groups in total. The number of hydrogen-bond acceptors (Lipinski definition) is 6. The molecule has 0 aromatic carbocycles. The molecule has 0 bridgehead atoms. The molecule has 176 valence electrons. The fraction of sp³-hybridized carbons (Fsp3) is 0.333. The van der Waals surface area contributed by atoms with E-state index in [1.807, 2.05) is 26.1 Å². The Kier molecular flexibility index (Phi) is 6.18. The number of pyridine rings is 1. The maximum Gasteiger partial charge on any atom is 0.260 e. The first-order valence-electron chi connectivity index (χ1n) is 10.8. The molecular formula is C24H32N6O2S. The number of aromatic nitrogens is 3. The zero-order valence-electron chi connectivity index (χ0n) is 19.3. The Labute approximate surface area is 200 Å². The first-order chi connectivity index (χ1) is 15.7. The summed E-state index contributed by atoms with van der Waals surface area (Å²) in [4.78, 5) is 33.7. The Bertz CT molecular complexity index is 1280. The number of carbonyl (C=O) groups is 2. The molecule has 0 atom stereocenters. The molecule has 2 amide bonds. The minimum absolute atomic E-state index is 0. The van der Waals surface area contributed by atoms with Crippen molar-refractivity contribution < 1.29 is 12.4 Å². The third kappa shape index (κ3) is 4.60. The van der Waals surface area contributed by atoms with Crippen LogP contribution in [0.3, 0.4) is 0 Å². The molecule has 8 nitrogen and oxygen atoms in total. The normalized spacial score (nSPS) is 15.8. The second-order valence-electron chi connectivity index (χ2n) is 8.69. The maximum atomic E-state index is 13.0. The highest BCUT2D eigenvalue weighted by atomic mass is 32.1. The van der Waals surface area contributed by atoms with Crippen LogP contribution in [0.25, 0.3) is 10.4 Å². The standard InChI is InChI=1S/C24H28N6O2S.2H2/c1-6-16(7-2)20-13-30-23(33-20)18(12-26-30)22(32)28-19-10-17(11-25-15(19)3)27-21(31)14-29-9-8-24(29,4)5;;/h6-7,10-13H,1,8-9,14H2,2-5H3,(H,27,31)(H,28,32);2*1H/b16-7+;;. The monoisotopic (exact) mass is 468 g/mol. The van der Waals surface area contributed by atoms with Crippen LogP contribution in [0.5, 0.6) is 0 Å². The number of aryl methyl sites for hydroxylation is 1. The van der Waals surface area contributed by atoms with Gasteiger partial charge < -0.3 is 10.6 Å². The van der Waals surface area contributed by atoms with Crippen LogP contribution >= 0.6 is 11.3 Å². The number of nitrogens with one attached hydrogen (secondary N) is 2. The number of hydrogen-bond donors (Lipinski definition) is 2. The quantitative estimate of drug-likeness (QED) is 0.484. The Morgan fingerprint density at radius 2 is 2.12 bits per heavy atom. The molecule has 9 heteroatoms. The number of fused-ring (bicyclic) bond motifs is 1. The molecule has 0 aliphatic carbocycles. The van der Waals surface area contributed by atoms with Crippen molar-refractivity contribution in [2.24, 2.45) is 0 Å². The number of carbonyl (C=O) groups excluding carboxylic acids is 2. The number of rotatable bonds is 7. The number of allylic oxidation sites excluding steroid dienone is 3. The van der Waals surface area contributed by atoms with E-state index in [0.717, 1.165) is 28.2 Å². The van der Waals surface area contributed by atoms with Gasteiger partial charge in [0.15, 0.2) is 0 Å². The predicted molar refractivity (Wildman–Crippen MR) is 137 cm³/mol. The molecule has 3 aromatic heterocycles. The predicted octanol–water partition coefficient (Wildman–Crippen LogP) is 4.86. The summed E-state index contributed by atoms with van der Waals surface area (Å²) in [6, 6.07) is 1.73. The van der Waals surface area contributed by atoms with Gasteiger partial charge in [-0.3, -0.25) is 19.5 Å². The van der Waals surface area contributed by atoms with Crippen LogP contribution in [0.15, 0.2) is 43.4 Å². The molecule has 1 saturated heterocycles. The third-order valence-electron chi connectivity index (χ3n) is 6.06. The highest BCUT2D eigenvalue weighted by molar-refractivity contribution is 7.18. The fourth-order valence-electron chi connectivity index (χ4n) is 3.74. The van der Waals surface area contributed by atoms with Crippen molar-refractivity contribution >= 4 is 44.9 Å². The van der Waals surface area contributed by atoms with Crippen molar-refractivity contribution in [2.45, 2.75) is 39.7 Å². The van der Waals surface area contributed by atoms with Crippen LogP contribution in [0.1, 0.15) is 51.0 Å². The van der Waals surface area contributed by atoms with Gasteiger partial charge in [-0.1, -0.05) is 18.7 Å². The van der Waals surface area contributed by atoms with Crippen molar-refractivity contribution in [3.8, 4) is 0 Å². The van der Waals surface area contributed by atoms with E-state index in [1.54, 1.807) is 29.1 Å². The Balaban J connectivity index is 0.00000216. The van der Waals surface area contributed by atoms with Crippen LogP contribution in [-0.4, -0.2) is 49.9 Å². The second kappa shape index (κ2) is 8.92. The van der Waals surface area contributed by atoms with Crippen LogP contribution in [0.4, 0.5) is 11.4 Å². The number of anilines is 2. The van der Waals surface area contributed by atoms with E-state index in [2.05, 4.69) is 46.0 Å². The van der Waals surface area contributed by atoms with Gasteiger partial charge in [0.1, 0.15) is 4.83 Å². The SMILES string of the molecule is C=C/C(=C\C)c1cn2ncc(C(=O)Nc3cc(NC(=O)CN4CCC4(C)C)cnc3C)c2s1.[HH].[HH]. The summed E-state index contributed by atoms with van der Waals surface area (Å²) in [5.41, 5.74) is 3.25. The molecule has 4 rings (SSSR count). The van der Waals surface area contributed by atoms with Gasteiger partial charge in [-0.25, -0.2) is 4.52 Å². The highest BCUT2D eigenvalue weighted by Gasteiger charge is 2.36. The summed E-state index contributed by atoms with van der Waals surface area (Å²) in [6.45, 7) is 13.1. The molecule has 0 radical (unpaired) electrons. The minimum Gasteiger partial charge on any atom is -0.324 e. The lowest BCUT2D eigenvalue weighted by atomic mass is 9.89. The fourth-order valence-corrected chi connectivity index (χ4v) is 4.87. The van der Waals surface area contributed by atoms with Crippen LogP contribution in [0.2, 0.25) is 0 Å². The zero-order chi connectivity index (χ0) is 23.8. The van der Waals surface area contributed by atoms with Crippen molar-refractivity contribution in [1.82, 2.24) is 19.5 Å². The van der Waals surface area contributed by atoms with E-state index in [-0.39, 0.29) is 20.2 Å². The van der Waals surface area contributed by atoms with Crippen molar-refractivity contribution in [3.05, 3.63) is 59.5 Å². The molecule has 4 heterocycles. The van der Waals surface area contributed by atoms with Crippen molar-refractivity contribution in [2.75, 3.05) is 23.7 Å². The number of nitrogens with zero attached hydrogens (tertiary/aromatic N) is 4. The van der Waals surface area contributed by atoms with Gasteiger partial charge in [-0.15, -0.1) is 11.3 Å². The van der Waals surface area contributed by atoms with Crippen LogP contribution in [-0.2, 0) is 4.79 Å². The second-order valence-corrected chi connectivity index (χ2v) is 9.73. The van der Waals surface area contributed by atoms with Gasteiger partial charge >= 0.3 is 0 Å². The van der Waals surface area contributed by atoms with Gasteiger partial charge in [0.25, 0.3) is 5.91 Å². The van der Waals surface area contributed by atoms with Crippen LogP contribution in [0, 0.1) is 6.92 Å². The summed E-state index contributed by atoms with van der Waals surface area (Å²) in [6.07, 6.45) is 9.87. The van der Waals surface area contributed by atoms with E-state index in [0.29, 0.717) is 29.2 Å². The largest absolute Gasteiger partial charge is 0.324 e. The summed E-state index contributed by atoms with van der Waals surface area (Å²) in [5.74, 6) is -0.382. The van der Waals surface area contributed by atoms with E-state index in [4.69, 9.17) is 0 Å². The van der Waals surface area contributed by atoms with E-state index < -0.39 is 0 Å². The van der Waals surface area contributed by atoms with Crippen LogP contribution < -0.4 is 10.6 Å². The average Bonchev–Trinajstić information content (AvgIpc) is 3.35. The maximum absolute atomic E-state index is 13.0. The molecule has 0 spiro atoms. The first-order valence-corrected chi connectivity index (χ1v) is 11.6. The van der Waals surface area contributed by atoms with E-state index in [1.165, 1.54) is 11.3 Å². The molecular weight excluding hydrogens is 436 g/mol. The first kappa shape index (κ1) is 22.9. The average molecular weight is 469 g/mol. The van der Waals surface area contributed by atoms with Gasteiger partial charge in [0, 0.05) is 21.1 Å². The summed E-state index contributed by atoms with van der Waals surface area (Å²) < 4.78 is 1.70.